The van der Waals surface area contributed by atoms with E-state index < -0.39 is 47.2 Å². The maximum atomic E-state index is 13.9. The first-order valence-corrected chi connectivity index (χ1v) is 14.5. The minimum atomic E-state index is -0.950. The first-order valence-electron chi connectivity index (χ1n) is 14.5. The predicted molar refractivity (Wildman–Crippen MR) is 154 cm³/mol. The van der Waals surface area contributed by atoms with Crippen molar-refractivity contribution in [3.05, 3.63) is 24.3 Å². The van der Waals surface area contributed by atoms with Crippen molar-refractivity contribution in [1.82, 2.24) is 36.3 Å². The van der Waals surface area contributed by atoms with Crippen LogP contribution in [0.25, 0.3) is 0 Å². The van der Waals surface area contributed by atoms with E-state index in [1.165, 1.54) is 23.5 Å². The molecule has 4 atom stereocenters. The summed E-state index contributed by atoms with van der Waals surface area (Å²) in [5.41, 5.74) is 7.92. The number of likely N-dealkylation sites (tertiary alicyclic amines) is 1. The highest BCUT2D eigenvalue weighted by atomic mass is 16.7. The molecule has 1 saturated heterocycles. The van der Waals surface area contributed by atoms with Gasteiger partial charge in [-0.3, -0.25) is 33.8 Å². The van der Waals surface area contributed by atoms with E-state index in [1.54, 1.807) is 0 Å². The number of carbonyl (C=O) groups is 5. The quantitative estimate of drug-likeness (QED) is 0.129. The van der Waals surface area contributed by atoms with Gasteiger partial charge in [0, 0.05) is 25.5 Å². The molecule has 2 rings (SSSR count). The second-order valence-corrected chi connectivity index (χ2v) is 11.5. The number of hydrogen-bond donors (Lipinski definition) is 5. The van der Waals surface area contributed by atoms with Gasteiger partial charge in [-0.25, -0.2) is 4.98 Å². The summed E-state index contributed by atoms with van der Waals surface area (Å²) in [6.45, 7) is 10.0. The molecule has 1 aromatic rings. The third kappa shape index (κ3) is 10.4. The zero-order chi connectivity index (χ0) is 31.3. The summed E-state index contributed by atoms with van der Waals surface area (Å²) >= 11 is 0. The Labute approximate surface area is 247 Å². The fourth-order valence-corrected chi connectivity index (χ4v) is 4.54. The molecular formula is C28H46N8O6. The van der Waals surface area contributed by atoms with Crippen molar-refractivity contribution in [3.63, 3.8) is 0 Å². The molecule has 3 unspecified atom stereocenters. The van der Waals surface area contributed by atoms with Gasteiger partial charge >= 0.3 is 0 Å². The number of Topliss-reactive ketones (excluding diaryl/α,β-unsaturated/α-hetero) is 1. The van der Waals surface area contributed by atoms with Gasteiger partial charge in [-0.15, -0.1) is 0 Å². The third-order valence-corrected chi connectivity index (χ3v) is 6.82. The summed E-state index contributed by atoms with van der Waals surface area (Å²) in [4.78, 5) is 79.3. The molecule has 6 N–H and O–H groups in total. The van der Waals surface area contributed by atoms with E-state index in [1.807, 2.05) is 34.6 Å². The Balaban J connectivity index is 2.14. The van der Waals surface area contributed by atoms with Crippen molar-refractivity contribution in [3.8, 4) is 0 Å². The van der Waals surface area contributed by atoms with Crippen LogP contribution in [0.5, 0.6) is 0 Å². The molecular weight excluding hydrogens is 544 g/mol. The first kappa shape index (κ1) is 34.7. The van der Waals surface area contributed by atoms with Gasteiger partial charge in [0.1, 0.15) is 17.8 Å². The van der Waals surface area contributed by atoms with Gasteiger partial charge in [0.15, 0.2) is 6.23 Å². The minimum Gasteiger partial charge on any atom is -0.349 e. The Kier molecular flexibility index (Phi) is 13.9. The largest absolute Gasteiger partial charge is 0.349 e. The summed E-state index contributed by atoms with van der Waals surface area (Å²) < 4.78 is 0. The normalized spacial score (nSPS) is 18.2. The van der Waals surface area contributed by atoms with Crippen molar-refractivity contribution >= 4 is 29.4 Å². The lowest BCUT2D eigenvalue weighted by Crippen LogP contribution is -2.58. The van der Waals surface area contributed by atoms with E-state index in [0.717, 1.165) is 0 Å². The molecule has 1 aliphatic rings. The molecule has 1 aromatic heterocycles. The van der Waals surface area contributed by atoms with Crippen LogP contribution in [0.3, 0.4) is 0 Å². The maximum absolute atomic E-state index is 13.9. The molecule has 14 heteroatoms. The number of rotatable bonds is 16. The fourth-order valence-electron chi connectivity index (χ4n) is 4.54. The Morgan fingerprint density at radius 1 is 1.12 bits per heavy atom. The predicted octanol–water partition coefficient (Wildman–Crippen LogP) is 0.0459. The smallest absolute Gasteiger partial charge is 0.289 e. The van der Waals surface area contributed by atoms with Crippen molar-refractivity contribution in [2.45, 2.75) is 85.0 Å². The molecule has 2 heterocycles. The number of hydroxylamine groups is 1. The number of carbonyl (C=O) groups excluding carboxylic acids is 5. The monoisotopic (exact) mass is 590 g/mol. The molecule has 234 valence electrons. The molecule has 42 heavy (non-hydrogen) atoms. The van der Waals surface area contributed by atoms with Gasteiger partial charge in [0.2, 0.25) is 17.6 Å². The summed E-state index contributed by atoms with van der Waals surface area (Å²) in [6.07, 6.45) is 6.13. The number of nitrogens with one attached hydrogen (secondary N) is 4. The van der Waals surface area contributed by atoms with Crippen LogP contribution in [0.1, 0.15) is 77.2 Å². The molecule has 0 radical (unpaired) electrons. The number of nitrogens with zero attached hydrogens (tertiary/aromatic N) is 3. The lowest BCUT2D eigenvalue weighted by Gasteiger charge is -2.35. The van der Waals surface area contributed by atoms with Crippen molar-refractivity contribution in [1.29, 1.82) is 0 Å². The van der Waals surface area contributed by atoms with Gasteiger partial charge in [-0.1, -0.05) is 41.0 Å². The van der Waals surface area contributed by atoms with Crippen molar-refractivity contribution in [2.75, 3.05) is 26.2 Å². The Morgan fingerprint density at radius 3 is 2.45 bits per heavy atom. The van der Waals surface area contributed by atoms with Gasteiger partial charge in [0.05, 0.1) is 12.7 Å². The van der Waals surface area contributed by atoms with Crippen molar-refractivity contribution < 1.29 is 28.8 Å². The number of hydrogen-bond acceptors (Lipinski definition) is 10. The number of amides is 4. The van der Waals surface area contributed by atoms with Crippen LogP contribution in [0, 0.1) is 11.3 Å². The highest BCUT2D eigenvalue weighted by molar-refractivity contribution is 6.38. The highest BCUT2D eigenvalue weighted by Crippen LogP contribution is 2.30. The van der Waals surface area contributed by atoms with Crippen LogP contribution in [-0.2, 0) is 24.0 Å². The van der Waals surface area contributed by atoms with E-state index in [-0.39, 0.29) is 24.1 Å². The average Bonchev–Trinajstić information content (AvgIpc) is 3.37. The zero-order valence-corrected chi connectivity index (χ0v) is 25.3. The number of nitrogens with two attached hydrogens (primary N) is 1. The molecule has 4 amide bonds. The van der Waals surface area contributed by atoms with Crippen molar-refractivity contribution in [2.24, 2.45) is 17.1 Å². The molecule has 0 aliphatic carbocycles. The lowest BCUT2D eigenvalue weighted by molar-refractivity contribution is -0.160. The van der Waals surface area contributed by atoms with Crippen LogP contribution >= 0.6 is 0 Å². The van der Waals surface area contributed by atoms with Crippen LogP contribution < -0.4 is 27.2 Å². The zero-order valence-electron chi connectivity index (χ0n) is 25.3. The lowest BCUT2D eigenvalue weighted by atomic mass is 9.85. The molecule has 1 fully saturated rings. The molecule has 0 saturated carbocycles. The Bertz CT molecular complexity index is 1060. The summed E-state index contributed by atoms with van der Waals surface area (Å²) in [5, 5.41) is 7.83. The summed E-state index contributed by atoms with van der Waals surface area (Å²) in [7, 11) is 0. The van der Waals surface area contributed by atoms with Crippen LogP contribution in [-0.4, -0.2) is 88.8 Å². The average molecular weight is 591 g/mol. The number of ketones is 1. The van der Waals surface area contributed by atoms with E-state index in [4.69, 9.17) is 10.6 Å². The van der Waals surface area contributed by atoms with Gasteiger partial charge in [0.25, 0.3) is 11.8 Å². The van der Waals surface area contributed by atoms with E-state index >= 15 is 0 Å². The topological polar surface area (TPSA) is 198 Å². The second kappa shape index (κ2) is 16.8. The molecule has 0 aromatic carbocycles. The van der Waals surface area contributed by atoms with Gasteiger partial charge in [-0.2, -0.15) is 5.48 Å². The Morgan fingerprint density at radius 2 is 1.86 bits per heavy atom. The SMILES string of the molecule is CCCNC(=O)C(=O)C(CCC)NOC1C[C@@H](CCN)CN1C(=O)C(NC(=O)CNC(=O)c1cnccn1)C(C)(C)C. The van der Waals surface area contributed by atoms with E-state index in [2.05, 4.69) is 31.4 Å². The van der Waals surface area contributed by atoms with Crippen LogP contribution in [0.2, 0.25) is 0 Å². The minimum absolute atomic E-state index is 0.0431. The maximum Gasteiger partial charge on any atom is 0.289 e. The molecule has 0 spiro atoms. The third-order valence-electron chi connectivity index (χ3n) is 6.82. The van der Waals surface area contributed by atoms with Crippen LogP contribution in [0.15, 0.2) is 18.6 Å². The summed E-state index contributed by atoms with van der Waals surface area (Å²) in [6, 6.07) is -1.83. The molecule has 0 bridgehead atoms. The fraction of sp³-hybridized carbons (Fsp3) is 0.679. The van der Waals surface area contributed by atoms with E-state index in [0.29, 0.717) is 51.7 Å². The molecule has 1 aliphatic heterocycles. The van der Waals surface area contributed by atoms with E-state index in [9.17, 15) is 24.0 Å². The number of aromatic nitrogens is 2. The summed E-state index contributed by atoms with van der Waals surface area (Å²) in [5.74, 6) is -2.78. The standard InChI is InChI=1S/C28H46N8O6/c1-6-8-19(23(38)26(40)32-11-7-2)35-42-22-14-18(9-10-29)17-36(22)27(41)24(28(3,4)5)34-21(37)16-33-25(39)20-15-30-12-13-31-20/h12-13,15,18-19,22,24,35H,6-11,14,16-17,29H2,1-5H3,(H,32,40)(H,33,39)(H,34,37)/t18-,19?,22?,24?/m1/s1. The highest BCUT2D eigenvalue weighted by Gasteiger charge is 2.43. The Hall–Kier alpha value is -3.49. The molecule has 14 nitrogen and oxygen atoms in total. The van der Waals surface area contributed by atoms with Gasteiger partial charge in [-0.05, 0) is 43.6 Å². The van der Waals surface area contributed by atoms with Crippen LogP contribution in [0.4, 0.5) is 0 Å². The first-order chi connectivity index (χ1) is 19.9. The van der Waals surface area contributed by atoms with Gasteiger partial charge < -0.3 is 26.6 Å². The second-order valence-electron chi connectivity index (χ2n) is 11.5.